The summed E-state index contributed by atoms with van der Waals surface area (Å²) in [6.45, 7) is 5.25. The fourth-order valence-corrected chi connectivity index (χ4v) is 0.604. The van der Waals surface area contributed by atoms with E-state index in [1.54, 1.807) is 20.8 Å². The van der Waals surface area contributed by atoms with E-state index in [1.165, 1.54) is 6.29 Å². The first-order valence-corrected chi connectivity index (χ1v) is 3.70. The third-order valence-electron chi connectivity index (χ3n) is 0.958. The zero-order chi connectivity index (χ0) is 9.78. The van der Waals surface area contributed by atoms with E-state index < -0.39 is 17.6 Å². The van der Waals surface area contributed by atoms with Gasteiger partial charge in [0.25, 0.3) is 0 Å². The molecule has 4 heteroatoms. The monoisotopic (exact) mass is 172 g/mol. The van der Waals surface area contributed by atoms with Crippen LogP contribution in [0.15, 0.2) is 0 Å². The second-order valence-corrected chi connectivity index (χ2v) is 3.51. The maximum atomic E-state index is 10.9. The van der Waals surface area contributed by atoms with Gasteiger partial charge in [0.15, 0.2) is 0 Å². The molecule has 0 aliphatic rings. The largest absolute Gasteiger partial charge is 0.460 e. The van der Waals surface area contributed by atoms with Gasteiger partial charge in [-0.25, -0.2) is 0 Å². The molecule has 0 aromatic rings. The lowest BCUT2D eigenvalue weighted by Crippen LogP contribution is -2.30. The van der Waals surface area contributed by atoms with Crippen LogP contribution in [-0.2, 0) is 14.3 Å². The normalized spacial score (nSPS) is 13.7. The smallest absolute Gasteiger partial charge is 0.308 e. The predicted molar refractivity (Wildman–Crippen MR) is 44.1 cm³/mol. The number of nitrogens with two attached hydrogens (primary N) is 1. The summed E-state index contributed by atoms with van der Waals surface area (Å²) in [4.78, 5) is 20.9. The standard InChI is InChI=1S/C8H14NO3/c1-8(2,3)12-7(11)4-6(9)5-10/h6H,4,9H2,1-3H3/t6-/m0/s1. The van der Waals surface area contributed by atoms with Crippen molar-refractivity contribution in [1.29, 1.82) is 0 Å². The number of rotatable bonds is 3. The third-order valence-corrected chi connectivity index (χ3v) is 0.958. The van der Waals surface area contributed by atoms with Crippen LogP contribution in [0.2, 0.25) is 0 Å². The van der Waals surface area contributed by atoms with Gasteiger partial charge in [-0.2, -0.15) is 0 Å². The van der Waals surface area contributed by atoms with Crippen molar-refractivity contribution < 1.29 is 14.3 Å². The first-order valence-electron chi connectivity index (χ1n) is 3.70. The van der Waals surface area contributed by atoms with E-state index in [0.29, 0.717) is 0 Å². The Hall–Kier alpha value is -0.900. The highest BCUT2D eigenvalue weighted by Crippen LogP contribution is 2.08. The lowest BCUT2D eigenvalue weighted by Gasteiger charge is -2.19. The highest BCUT2D eigenvalue weighted by atomic mass is 16.6. The summed E-state index contributed by atoms with van der Waals surface area (Å²) in [7, 11) is 0. The maximum absolute atomic E-state index is 10.9. The van der Waals surface area contributed by atoms with Crippen LogP contribution in [0.25, 0.3) is 0 Å². The van der Waals surface area contributed by atoms with Gasteiger partial charge in [-0.3, -0.25) is 9.59 Å². The van der Waals surface area contributed by atoms with Crippen LogP contribution in [0.1, 0.15) is 27.2 Å². The Labute approximate surface area is 72.1 Å². The lowest BCUT2D eigenvalue weighted by atomic mass is 10.2. The molecule has 0 saturated carbocycles. The van der Waals surface area contributed by atoms with Crippen LogP contribution < -0.4 is 5.73 Å². The molecule has 0 aliphatic carbocycles. The molecule has 0 aliphatic heterocycles. The number of hydrogen-bond acceptors (Lipinski definition) is 4. The Morgan fingerprint density at radius 2 is 2.08 bits per heavy atom. The predicted octanol–water partition coefficient (Wildman–Crippen LogP) is 0.155. The molecule has 1 atom stereocenters. The summed E-state index contributed by atoms with van der Waals surface area (Å²) in [5.74, 6) is -0.474. The highest BCUT2D eigenvalue weighted by Gasteiger charge is 2.18. The average Bonchev–Trinajstić information content (AvgIpc) is 1.82. The zero-order valence-electron chi connectivity index (χ0n) is 7.59. The van der Waals surface area contributed by atoms with Crippen molar-refractivity contribution in [1.82, 2.24) is 0 Å². The summed E-state index contributed by atoms with van der Waals surface area (Å²) in [5, 5.41) is 0. The van der Waals surface area contributed by atoms with Gasteiger partial charge < -0.3 is 10.5 Å². The molecule has 0 rings (SSSR count). The first-order chi connectivity index (χ1) is 5.35. The Bertz CT molecular complexity index is 172. The molecule has 0 unspecified atom stereocenters. The first kappa shape index (κ1) is 11.1. The molecule has 0 heterocycles. The Morgan fingerprint density at radius 3 is 2.42 bits per heavy atom. The van der Waals surface area contributed by atoms with Gasteiger partial charge in [-0.15, -0.1) is 0 Å². The molecule has 69 valence electrons. The minimum absolute atomic E-state index is 0.110. The Balaban J connectivity index is 3.82. The van der Waals surface area contributed by atoms with Crippen LogP contribution >= 0.6 is 0 Å². The molecule has 0 bridgehead atoms. The van der Waals surface area contributed by atoms with Crippen molar-refractivity contribution in [2.45, 2.75) is 38.8 Å². The molecule has 0 amide bonds. The van der Waals surface area contributed by atoms with Crippen molar-refractivity contribution in [2.24, 2.45) is 5.73 Å². The molecule has 2 N–H and O–H groups in total. The molecule has 0 aromatic carbocycles. The van der Waals surface area contributed by atoms with Gasteiger partial charge in [0.05, 0.1) is 12.5 Å². The third kappa shape index (κ3) is 5.85. The molecule has 0 fully saturated rings. The molecular weight excluding hydrogens is 158 g/mol. The van der Waals surface area contributed by atoms with Crippen molar-refractivity contribution in [2.75, 3.05) is 0 Å². The maximum Gasteiger partial charge on any atom is 0.308 e. The van der Waals surface area contributed by atoms with E-state index in [-0.39, 0.29) is 6.42 Å². The van der Waals surface area contributed by atoms with Gasteiger partial charge in [-0.05, 0) is 20.8 Å². The van der Waals surface area contributed by atoms with Gasteiger partial charge in [-0.1, -0.05) is 0 Å². The molecule has 0 saturated heterocycles. The summed E-state index contributed by atoms with van der Waals surface area (Å²) in [6, 6.07) is -0.875. The SMILES string of the molecule is CC(C)(C)OC(=O)C[C@H](N)[C]=O. The average molecular weight is 172 g/mol. The topological polar surface area (TPSA) is 69.4 Å². The van der Waals surface area contributed by atoms with Crippen LogP contribution in [0.4, 0.5) is 0 Å². The molecule has 0 spiro atoms. The highest BCUT2D eigenvalue weighted by molar-refractivity contribution is 5.75. The molecule has 4 nitrogen and oxygen atoms in total. The van der Waals surface area contributed by atoms with E-state index in [0.717, 1.165) is 0 Å². The van der Waals surface area contributed by atoms with Crippen molar-refractivity contribution in [3.05, 3.63) is 0 Å². The van der Waals surface area contributed by atoms with Gasteiger partial charge in [0, 0.05) is 0 Å². The second-order valence-electron chi connectivity index (χ2n) is 3.51. The van der Waals surface area contributed by atoms with Gasteiger partial charge in [0.2, 0.25) is 6.29 Å². The van der Waals surface area contributed by atoms with Crippen LogP contribution in [0.5, 0.6) is 0 Å². The van der Waals surface area contributed by atoms with Crippen LogP contribution in [0.3, 0.4) is 0 Å². The number of esters is 1. The van der Waals surface area contributed by atoms with Crippen molar-refractivity contribution >= 4 is 12.3 Å². The van der Waals surface area contributed by atoms with Gasteiger partial charge >= 0.3 is 5.97 Å². The number of ether oxygens (including phenoxy) is 1. The Morgan fingerprint density at radius 1 is 1.58 bits per heavy atom. The lowest BCUT2D eigenvalue weighted by molar-refractivity contribution is -0.154. The van der Waals surface area contributed by atoms with E-state index in [4.69, 9.17) is 10.5 Å². The summed E-state index contributed by atoms with van der Waals surface area (Å²) in [6.07, 6.45) is 1.40. The van der Waals surface area contributed by atoms with Crippen molar-refractivity contribution in [3.8, 4) is 0 Å². The number of carbonyl (C=O) groups is 1. The molecule has 12 heavy (non-hydrogen) atoms. The minimum atomic E-state index is -0.875. The molecule has 1 radical (unpaired) electrons. The molecule has 0 aromatic heterocycles. The second kappa shape index (κ2) is 4.21. The summed E-state index contributed by atoms with van der Waals surface area (Å²) in [5.41, 5.74) is 4.64. The van der Waals surface area contributed by atoms with Crippen LogP contribution in [-0.4, -0.2) is 23.9 Å². The number of hydrogen-bond donors (Lipinski definition) is 1. The number of carbonyl (C=O) groups excluding carboxylic acids is 2. The zero-order valence-corrected chi connectivity index (χ0v) is 7.59. The van der Waals surface area contributed by atoms with Crippen LogP contribution in [0, 0.1) is 0 Å². The van der Waals surface area contributed by atoms with E-state index in [1.807, 2.05) is 0 Å². The van der Waals surface area contributed by atoms with Gasteiger partial charge in [0.1, 0.15) is 5.60 Å². The van der Waals surface area contributed by atoms with Crippen molar-refractivity contribution in [3.63, 3.8) is 0 Å². The fraction of sp³-hybridized carbons (Fsp3) is 0.750. The quantitative estimate of drug-likeness (QED) is 0.615. The molecular formula is C8H14NO3. The minimum Gasteiger partial charge on any atom is -0.460 e. The van der Waals surface area contributed by atoms with E-state index in [2.05, 4.69) is 0 Å². The fourth-order valence-electron chi connectivity index (χ4n) is 0.604. The summed E-state index contributed by atoms with van der Waals surface area (Å²) >= 11 is 0. The Kier molecular flexibility index (Phi) is 3.89. The van der Waals surface area contributed by atoms with E-state index in [9.17, 15) is 9.59 Å². The van der Waals surface area contributed by atoms with E-state index >= 15 is 0 Å². The summed E-state index contributed by atoms with van der Waals surface area (Å²) < 4.78 is 4.91.